The van der Waals surface area contributed by atoms with Gasteiger partial charge in [-0.2, -0.15) is 0 Å². The number of unbranched alkanes of at least 4 members (excludes halogenated alkanes) is 11. The van der Waals surface area contributed by atoms with Crippen LogP contribution in [0, 0.1) is 0 Å². The smallest absolute Gasteiger partial charge is 0.550 e. The topological polar surface area (TPSA) is 103 Å². The molecule has 0 aromatic heterocycles. The second kappa shape index (κ2) is 25.6. The average Bonchev–Trinajstić information content (AvgIpc) is 2.58. The van der Waals surface area contributed by atoms with Crippen LogP contribution in [0.15, 0.2) is 12.2 Å². The van der Waals surface area contributed by atoms with Crippen LogP contribution in [-0.2, 0) is 9.59 Å². The van der Waals surface area contributed by atoms with Crippen LogP contribution in [0.3, 0.4) is 0 Å². The maximum Gasteiger partial charge on any atom is 1.00 e. The van der Waals surface area contributed by atoms with Crippen molar-refractivity contribution in [3.05, 3.63) is 12.2 Å². The maximum atomic E-state index is 10.2. The summed E-state index contributed by atoms with van der Waals surface area (Å²) in [6, 6.07) is -0.731. The first-order valence-electron chi connectivity index (χ1n) is 10.2. The van der Waals surface area contributed by atoms with Gasteiger partial charge in [0.25, 0.3) is 0 Å². The van der Waals surface area contributed by atoms with E-state index in [1.165, 1.54) is 71.1 Å². The fourth-order valence-electron chi connectivity index (χ4n) is 2.34. The Bertz CT molecular complexity index is 360. The van der Waals surface area contributed by atoms with Crippen molar-refractivity contribution in [3.63, 3.8) is 0 Å². The number of carboxylic acids is 2. The number of hydrogen-bond donors (Lipinski definition) is 2. The number of hydrogen-bond acceptors (Lipinski definition) is 4. The minimum Gasteiger partial charge on any atom is -0.550 e. The maximum absolute atomic E-state index is 10.2. The van der Waals surface area contributed by atoms with E-state index in [0.29, 0.717) is 0 Å². The summed E-state index contributed by atoms with van der Waals surface area (Å²) in [4.78, 5) is 19.8. The van der Waals surface area contributed by atoms with Crippen molar-refractivity contribution in [2.75, 3.05) is 0 Å². The quantitative estimate of drug-likeness (QED) is 0.233. The van der Waals surface area contributed by atoms with E-state index in [1.54, 1.807) is 0 Å². The Morgan fingerprint density at radius 1 is 0.889 bits per heavy atom. The zero-order chi connectivity index (χ0) is 20.0. The molecular formula is C21H40NNaO4. The van der Waals surface area contributed by atoms with Crippen molar-refractivity contribution in [3.8, 4) is 0 Å². The predicted molar refractivity (Wildman–Crippen MR) is 106 cm³/mol. The van der Waals surface area contributed by atoms with Gasteiger partial charge in [0.05, 0.1) is 0 Å². The summed E-state index contributed by atoms with van der Waals surface area (Å²) in [6.07, 6.45) is 20.9. The molecule has 0 saturated carbocycles. The van der Waals surface area contributed by atoms with Gasteiger partial charge in [0.2, 0.25) is 0 Å². The minimum atomic E-state index is -0.963. The van der Waals surface area contributed by atoms with Crippen molar-refractivity contribution < 1.29 is 49.4 Å². The van der Waals surface area contributed by atoms with E-state index in [-0.39, 0.29) is 36.0 Å². The first-order chi connectivity index (χ1) is 12.4. The molecule has 0 aliphatic carbocycles. The number of carbonyl (C=O) groups excluding carboxylic acids is 1. The van der Waals surface area contributed by atoms with Gasteiger partial charge >= 0.3 is 35.5 Å². The van der Waals surface area contributed by atoms with Crippen molar-refractivity contribution >= 4 is 11.9 Å². The van der Waals surface area contributed by atoms with Crippen LogP contribution in [0.4, 0.5) is 0 Å². The van der Waals surface area contributed by atoms with E-state index < -0.39 is 18.0 Å². The molecule has 0 fully saturated rings. The summed E-state index contributed by atoms with van der Waals surface area (Å²) in [6.45, 7) is 3.68. The molecule has 0 heterocycles. The largest absolute Gasteiger partial charge is 1.00 e. The second-order valence-corrected chi connectivity index (χ2v) is 6.83. The molecule has 0 saturated heterocycles. The third kappa shape index (κ3) is 33.6. The van der Waals surface area contributed by atoms with Gasteiger partial charge in [-0.15, -0.1) is 0 Å². The van der Waals surface area contributed by atoms with Crippen molar-refractivity contribution in [1.82, 2.24) is 0 Å². The summed E-state index contributed by atoms with van der Waals surface area (Å²) in [5.74, 6) is -1.88. The molecule has 1 unspecified atom stereocenters. The van der Waals surface area contributed by atoms with Gasteiger partial charge in [-0.3, -0.25) is 4.79 Å². The molecule has 27 heavy (non-hydrogen) atoms. The zero-order valence-electron chi connectivity index (χ0n) is 17.9. The molecule has 0 amide bonds. The van der Waals surface area contributed by atoms with E-state index in [2.05, 4.69) is 19.1 Å². The number of allylic oxidation sites excluding steroid dienone is 2. The van der Waals surface area contributed by atoms with Gasteiger partial charge in [0, 0.05) is 5.97 Å². The van der Waals surface area contributed by atoms with E-state index in [4.69, 9.17) is 10.8 Å². The molecule has 0 aliphatic rings. The Balaban J connectivity index is -0.000000709. The summed E-state index contributed by atoms with van der Waals surface area (Å²) >= 11 is 0. The molecule has 0 aliphatic heterocycles. The Kier molecular flexibility index (Phi) is 29.8. The summed E-state index contributed by atoms with van der Waals surface area (Å²) in [5, 5.41) is 18.1. The van der Waals surface area contributed by atoms with Gasteiger partial charge in [-0.05, 0) is 45.4 Å². The van der Waals surface area contributed by atoms with E-state index in [9.17, 15) is 14.7 Å². The standard InChI is InChI=1S/C18H34O2.C3H7NO2.Na/c1-2-3-4-5-6-7-8-9-10-11-12-13-14-15-16-17-18(19)20;1-2(4)3(5)6;/h9-10H,2-8,11-17H2,1H3,(H,19,20);2H,4H2,1H3,(H,5,6);/q;;+1/p-1/b10-9-;;. The third-order valence-electron chi connectivity index (χ3n) is 4.03. The van der Waals surface area contributed by atoms with Crippen LogP contribution in [0.2, 0.25) is 0 Å². The number of aliphatic carboxylic acids is 2. The molecule has 3 N–H and O–H groups in total. The van der Waals surface area contributed by atoms with Crippen molar-refractivity contribution in [2.45, 2.75) is 110 Å². The molecular weight excluding hydrogens is 353 g/mol. The fourth-order valence-corrected chi connectivity index (χ4v) is 2.34. The number of rotatable bonds is 16. The summed E-state index contributed by atoms with van der Waals surface area (Å²) in [7, 11) is 0. The van der Waals surface area contributed by atoms with Crippen LogP contribution >= 0.6 is 0 Å². The SMILES string of the molecule is CC(N)C(=O)O.CCCCCCCC/C=C\CCCCCCCC(=O)[O-].[Na+]. The molecule has 154 valence electrons. The normalized spacial score (nSPS) is 11.4. The number of carboxylic acid groups (broad SMARTS) is 2. The fraction of sp³-hybridized carbons (Fsp3) is 0.810. The molecule has 0 aromatic rings. The predicted octanol–water partition coefficient (Wildman–Crippen LogP) is 1.20. The number of nitrogens with two attached hydrogens (primary N) is 1. The van der Waals surface area contributed by atoms with Crippen LogP contribution in [-0.4, -0.2) is 23.1 Å². The summed E-state index contributed by atoms with van der Waals surface area (Å²) in [5.41, 5.74) is 4.84. The third-order valence-corrected chi connectivity index (χ3v) is 4.03. The molecule has 1 atom stereocenters. The van der Waals surface area contributed by atoms with E-state index >= 15 is 0 Å². The molecule has 0 bridgehead atoms. The molecule has 0 aromatic carbocycles. The van der Waals surface area contributed by atoms with Crippen LogP contribution in [0.25, 0.3) is 0 Å². The Morgan fingerprint density at radius 3 is 1.63 bits per heavy atom. The Morgan fingerprint density at radius 2 is 1.26 bits per heavy atom. The minimum absolute atomic E-state index is 0. The van der Waals surface area contributed by atoms with E-state index in [0.717, 1.165) is 19.3 Å². The summed E-state index contributed by atoms with van der Waals surface area (Å²) < 4.78 is 0. The van der Waals surface area contributed by atoms with Crippen LogP contribution in [0.1, 0.15) is 104 Å². The zero-order valence-corrected chi connectivity index (χ0v) is 19.9. The molecule has 5 nitrogen and oxygen atoms in total. The first kappa shape index (κ1) is 31.3. The second-order valence-electron chi connectivity index (χ2n) is 6.83. The number of carbonyl (C=O) groups is 2. The monoisotopic (exact) mass is 393 g/mol. The van der Waals surface area contributed by atoms with Crippen LogP contribution < -0.4 is 40.4 Å². The van der Waals surface area contributed by atoms with Crippen LogP contribution in [0.5, 0.6) is 0 Å². The van der Waals surface area contributed by atoms with E-state index in [1.807, 2.05) is 0 Å². The van der Waals surface area contributed by atoms with Gasteiger partial charge in [-0.1, -0.05) is 70.4 Å². The van der Waals surface area contributed by atoms with Crippen molar-refractivity contribution in [2.24, 2.45) is 5.73 Å². The molecule has 0 radical (unpaired) electrons. The van der Waals surface area contributed by atoms with Crippen molar-refractivity contribution in [1.29, 1.82) is 0 Å². The molecule has 6 heteroatoms. The van der Waals surface area contributed by atoms with Gasteiger partial charge in [0.1, 0.15) is 6.04 Å². The van der Waals surface area contributed by atoms with Gasteiger partial charge in [-0.25, -0.2) is 0 Å². The first-order valence-corrected chi connectivity index (χ1v) is 10.2. The Hall–Kier alpha value is -0.360. The molecule has 0 rings (SSSR count). The molecule has 0 spiro atoms. The van der Waals surface area contributed by atoms with Gasteiger partial charge in [0.15, 0.2) is 0 Å². The Labute approximate surface area is 188 Å². The van der Waals surface area contributed by atoms with Gasteiger partial charge < -0.3 is 20.7 Å². The average molecular weight is 394 g/mol.